The molecule has 0 saturated heterocycles. The highest BCUT2D eigenvalue weighted by Crippen LogP contribution is 2.24. The Labute approximate surface area is 113 Å². The normalized spacial score (nSPS) is 15.1. The molecular formula is C15H31NO2. The van der Waals surface area contributed by atoms with Crippen LogP contribution in [0.5, 0.6) is 0 Å². The summed E-state index contributed by atoms with van der Waals surface area (Å²) in [4.78, 5) is 13.8. The topological polar surface area (TPSA) is 29.5 Å². The van der Waals surface area contributed by atoms with E-state index in [1.807, 2.05) is 0 Å². The quantitative estimate of drug-likeness (QED) is 0.533. The zero-order chi connectivity index (χ0) is 14.0. The van der Waals surface area contributed by atoms with E-state index in [4.69, 9.17) is 4.74 Å². The molecule has 0 heterocycles. The van der Waals surface area contributed by atoms with Crippen molar-refractivity contribution in [2.45, 2.75) is 59.4 Å². The van der Waals surface area contributed by atoms with Gasteiger partial charge in [-0.2, -0.15) is 0 Å². The van der Waals surface area contributed by atoms with Crippen LogP contribution in [0.15, 0.2) is 0 Å². The van der Waals surface area contributed by atoms with Gasteiger partial charge in [0.15, 0.2) is 0 Å². The number of hydrogen-bond donors (Lipinski definition) is 0. The molecule has 0 spiro atoms. The standard InChI is InChI=1S/C15H31NO2/c1-6-9-15(4,13-17)12-16(10-11-18-5)14(7-2)8-3/h13-14H,6-12H2,1-5H3. The maximum Gasteiger partial charge on any atom is 0.127 e. The van der Waals surface area contributed by atoms with E-state index in [1.165, 1.54) is 0 Å². The molecule has 0 amide bonds. The van der Waals surface area contributed by atoms with Crippen LogP contribution >= 0.6 is 0 Å². The highest BCUT2D eigenvalue weighted by Gasteiger charge is 2.28. The number of methoxy groups -OCH3 is 1. The lowest BCUT2D eigenvalue weighted by molar-refractivity contribution is -0.117. The van der Waals surface area contributed by atoms with E-state index >= 15 is 0 Å². The predicted octanol–water partition coefficient (Wildman–Crippen LogP) is 3.13. The van der Waals surface area contributed by atoms with Crippen molar-refractivity contribution in [1.29, 1.82) is 0 Å². The molecule has 0 saturated carbocycles. The Kier molecular flexibility index (Phi) is 9.29. The van der Waals surface area contributed by atoms with Crippen LogP contribution in [0.3, 0.4) is 0 Å². The molecule has 0 bridgehead atoms. The number of ether oxygens (including phenoxy) is 1. The van der Waals surface area contributed by atoms with Gasteiger partial charge in [-0.25, -0.2) is 0 Å². The van der Waals surface area contributed by atoms with E-state index in [-0.39, 0.29) is 5.41 Å². The van der Waals surface area contributed by atoms with E-state index in [0.717, 1.165) is 51.7 Å². The van der Waals surface area contributed by atoms with Gasteiger partial charge in [-0.1, -0.05) is 34.1 Å². The summed E-state index contributed by atoms with van der Waals surface area (Å²) in [5.74, 6) is 0. The maximum absolute atomic E-state index is 11.4. The minimum atomic E-state index is -0.217. The Bertz CT molecular complexity index is 217. The number of carbonyl (C=O) groups is 1. The van der Waals surface area contributed by atoms with Crippen molar-refractivity contribution in [2.75, 3.05) is 26.8 Å². The monoisotopic (exact) mass is 257 g/mol. The zero-order valence-corrected chi connectivity index (χ0v) is 12.9. The van der Waals surface area contributed by atoms with Crippen molar-refractivity contribution in [2.24, 2.45) is 5.41 Å². The van der Waals surface area contributed by atoms with Crippen LogP contribution in [0.2, 0.25) is 0 Å². The molecule has 18 heavy (non-hydrogen) atoms. The lowest BCUT2D eigenvalue weighted by Gasteiger charge is -2.36. The van der Waals surface area contributed by atoms with E-state index < -0.39 is 0 Å². The molecule has 1 atom stereocenters. The van der Waals surface area contributed by atoms with E-state index in [0.29, 0.717) is 6.04 Å². The molecule has 3 heteroatoms. The molecule has 0 rings (SSSR count). The molecule has 0 aromatic rings. The molecule has 0 aliphatic heterocycles. The van der Waals surface area contributed by atoms with Crippen molar-refractivity contribution in [3.8, 4) is 0 Å². The maximum atomic E-state index is 11.4. The molecule has 0 aliphatic rings. The Morgan fingerprint density at radius 1 is 1.28 bits per heavy atom. The summed E-state index contributed by atoms with van der Waals surface area (Å²) >= 11 is 0. The summed E-state index contributed by atoms with van der Waals surface area (Å²) in [6.07, 6.45) is 5.40. The van der Waals surface area contributed by atoms with Gasteiger partial charge >= 0.3 is 0 Å². The van der Waals surface area contributed by atoms with E-state index in [1.54, 1.807) is 7.11 Å². The van der Waals surface area contributed by atoms with Crippen molar-refractivity contribution in [1.82, 2.24) is 4.90 Å². The van der Waals surface area contributed by atoms with Gasteiger partial charge in [0.1, 0.15) is 6.29 Å². The number of aldehydes is 1. The summed E-state index contributed by atoms with van der Waals surface area (Å²) in [5.41, 5.74) is -0.217. The Morgan fingerprint density at radius 2 is 1.89 bits per heavy atom. The first-order chi connectivity index (χ1) is 8.56. The molecule has 3 nitrogen and oxygen atoms in total. The third-order valence-electron chi connectivity index (χ3n) is 3.71. The largest absolute Gasteiger partial charge is 0.383 e. The molecule has 108 valence electrons. The molecule has 0 aromatic carbocycles. The van der Waals surface area contributed by atoms with Crippen molar-refractivity contribution in [3.05, 3.63) is 0 Å². The van der Waals surface area contributed by atoms with Crippen LogP contribution < -0.4 is 0 Å². The third kappa shape index (κ3) is 5.96. The van der Waals surface area contributed by atoms with Crippen molar-refractivity contribution >= 4 is 6.29 Å². The molecule has 0 fully saturated rings. The lowest BCUT2D eigenvalue weighted by atomic mass is 9.86. The highest BCUT2D eigenvalue weighted by atomic mass is 16.5. The number of nitrogens with zero attached hydrogens (tertiary/aromatic N) is 1. The number of rotatable bonds is 11. The molecular weight excluding hydrogens is 226 g/mol. The van der Waals surface area contributed by atoms with Crippen LogP contribution in [-0.2, 0) is 9.53 Å². The summed E-state index contributed by atoms with van der Waals surface area (Å²) < 4.78 is 5.19. The van der Waals surface area contributed by atoms with Crippen molar-refractivity contribution in [3.63, 3.8) is 0 Å². The summed E-state index contributed by atoms with van der Waals surface area (Å²) in [5, 5.41) is 0. The fourth-order valence-corrected chi connectivity index (χ4v) is 2.61. The van der Waals surface area contributed by atoms with Crippen LogP contribution in [-0.4, -0.2) is 44.0 Å². The van der Waals surface area contributed by atoms with Gasteiger partial charge < -0.3 is 9.53 Å². The molecule has 0 aromatic heterocycles. The van der Waals surface area contributed by atoms with Crippen molar-refractivity contribution < 1.29 is 9.53 Å². The zero-order valence-electron chi connectivity index (χ0n) is 12.9. The average molecular weight is 257 g/mol. The first-order valence-corrected chi connectivity index (χ1v) is 7.26. The van der Waals surface area contributed by atoms with Gasteiger partial charge in [0.25, 0.3) is 0 Å². The first kappa shape index (κ1) is 17.6. The summed E-state index contributed by atoms with van der Waals surface area (Å²) in [7, 11) is 1.73. The van der Waals surface area contributed by atoms with Gasteiger partial charge in [0.05, 0.1) is 6.61 Å². The van der Waals surface area contributed by atoms with Gasteiger partial charge in [-0.05, 0) is 19.3 Å². The Hall–Kier alpha value is -0.410. The molecule has 1 unspecified atom stereocenters. The van der Waals surface area contributed by atoms with Gasteiger partial charge in [0.2, 0.25) is 0 Å². The number of carbonyl (C=O) groups excluding carboxylic acids is 1. The molecule has 0 N–H and O–H groups in total. The van der Waals surface area contributed by atoms with Gasteiger partial charge in [-0.3, -0.25) is 4.90 Å². The number of hydrogen-bond acceptors (Lipinski definition) is 3. The smallest absolute Gasteiger partial charge is 0.127 e. The van der Waals surface area contributed by atoms with Crippen LogP contribution in [0.1, 0.15) is 53.4 Å². The third-order valence-corrected chi connectivity index (χ3v) is 3.71. The van der Waals surface area contributed by atoms with Crippen LogP contribution in [0.4, 0.5) is 0 Å². The second kappa shape index (κ2) is 9.51. The SMILES string of the molecule is CCCC(C)(C=O)CN(CCOC)C(CC)CC. The minimum Gasteiger partial charge on any atom is -0.383 e. The van der Waals surface area contributed by atoms with Gasteiger partial charge in [-0.15, -0.1) is 0 Å². The summed E-state index contributed by atoms with van der Waals surface area (Å²) in [6, 6.07) is 0.552. The first-order valence-electron chi connectivity index (χ1n) is 7.26. The minimum absolute atomic E-state index is 0.217. The Morgan fingerprint density at radius 3 is 2.28 bits per heavy atom. The van der Waals surface area contributed by atoms with Gasteiger partial charge in [0, 0.05) is 31.7 Å². The van der Waals surface area contributed by atoms with E-state index in [9.17, 15) is 4.79 Å². The lowest BCUT2D eigenvalue weighted by Crippen LogP contribution is -2.44. The second-order valence-electron chi connectivity index (χ2n) is 5.46. The van der Waals surface area contributed by atoms with Crippen LogP contribution in [0, 0.1) is 5.41 Å². The van der Waals surface area contributed by atoms with E-state index in [2.05, 4.69) is 32.6 Å². The Balaban J connectivity index is 4.67. The highest BCUT2D eigenvalue weighted by molar-refractivity contribution is 5.59. The average Bonchev–Trinajstić information content (AvgIpc) is 2.37. The predicted molar refractivity (Wildman–Crippen MR) is 76.9 cm³/mol. The fourth-order valence-electron chi connectivity index (χ4n) is 2.61. The summed E-state index contributed by atoms with van der Waals surface area (Å²) in [6.45, 7) is 11.1. The second-order valence-corrected chi connectivity index (χ2v) is 5.46. The fraction of sp³-hybridized carbons (Fsp3) is 0.933. The molecule has 0 radical (unpaired) electrons. The molecule has 0 aliphatic carbocycles. The van der Waals surface area contributed by atoms with Crippen LogP contribution in [0.25, 0.3) is 0 Å².